The fourth-order valence-electron chi connectivity index (χ4n) is 3.45. The van der Waals surface area contributed by atoms with Crippen LogP contribution < -0.4 is 0 Å². The maximum atomic E-state index is 13.2. The highest BCUT2D eigenvalue weighted by Gasteiger charge is 2.37. The summed E-state index contributed by atoms with van der Waals surface area (Å²) in [7, 11) is 0. The monoisotopic (exact) mass is 421 g/mol. The molecule has 1 saturated heterocycles. The molecule has 0 bridgehead atoms. The zero-order chi connectivity index (χ0) is 21.6. The van der Waals surface area contributed by atoms with E-state index in [-0.39, 0.29) is 35.5 Å². The molecule has 3 rings (SSSR count). The number of carboxylic acid groups (broad SMARTS) is 1. The van der Waals surface area contributed by atoms with Gasteiger partial charge >= 0.3 is 18.3 Å². The number of aromatic carboxylic acids is 1. The number of aromatic nitrogens is 1. The molecule has 1 atom stereocenters. The molecule has 1 aliphatic rings. The molecule has 0 saturated carbocycles. The zero-order valence-corrected chi connectivity index (χ0v) is 15.2. The molecule has 1 N–H and O–H groups in total. The SMILES string of the molecule is Cc1c(C(=O)O)c(-c2cc(C(F)(F)F)cc(C(F)(F)F)c2)cn1CC1CCCO1. The average molecular weight is 421 g/mol. The van der Waals surface area contributed by atoms with E-state index in [9.17, 15) is 36.2 Å². The van der Waals surface area contributed by atoms with Crippen molar-refractivity contribution in [2.45, 2.75) is 44.8 Å². The van der Waals surface area contributed by atoms with Gasteiger partial charge in [-0.2, -0.15) is 26.3 Å². The summed E-state index contributed by atoms with van der Waals surface area (Å²) >= 11 is 0. The molecule has 2 aromatic rings. The van der Waals surface area contributed by atoms with Gasteiger partial charge in [0.15, 0.2) is 0 Å². The van der Waals surface area contributed by atoms with Crippen LogP contribution in [0.3, 0.4) is 0 Å². The van der Waals surface area contributed by atoms with Crippen molar-refractivity contribution in [2.75, 3.05) is 6.61 Å². The van der Waals surface area contributed by atoms with E-state index in [1.807, 2.05) is 0 Å². The molecule has 1 unspecified atom stereocenters. The Balaban J connectivity index is 2.17. The van der Waals surface area contributed by atoms with Gasteiger partial charge in [-0.15, -0.1) is 0 Å². The molecular formula is C19H17F6NO3. The molecular weight excluding hydrogens is 404 g/mol. The molecule has 29 heavy (non-hydrogen) atoms. The highest BCUT2D eigenvalue weighted by molar-refractivity contribution is 5.97. The lowest BCUT2D eigenvalue weighted by Gasteiger charge is -2.14. The summed E-state index contributed by atoms with van der Waals surface area (Å²) < 4.78 is 86.0. The van der Waals surface area contributed by atoms with Crippen LogP contribution in [0.2, 0.25) is 0 Å². The van der Waals surface area contributed by atoms with Crippen molar-refractivity contribution < 1.29 is 41.0 Å². The third-order valence-corrected chi connectivity index (χ3v) is 4.88. The standard InChI is InChI=1S/C19H17F6NO3/c1-10-16(17(27)28)15(9-26(10)8-14-3-2-4-29-14)11-5-12(18(20,21)22)7-13(6-11)19(23,24)25/h5-7,9,14H,2-4,8H2,1H3,(H,27,28). The van der Waals surface area contributed by atoms with Gasteiger partial charge in [0.2, 0.25) is 0 Å². The van der Waals surface area contributed by atoms with E-state index < -0.39 is 35.0 Å². The van der Waals surface area contributed by atoms with Gasteiger partial charge in [-0.25, -0.2) is 4.79 Å². The summed E-state index contributed by atoms with van der Waals surface area (Å²) in [5.41, 5.74) is -3.76. The van der Waals surface area contributed by atoms with Crippen LogP contribution >= 0.6 is 0 Å². The third-order valence-electron chi connectivity index (χ3n) is 4.88. The van der Waals surface area contributed by atoms with Gasteiger partial charge in [0.25, 0.3) is 0 Å². The van der Waals surface area contributed by atoms with E-state index in [0.29, 0.717) is 18.7 Å². The highest BCUT2D eigenvalue weighted by atomic mass is 19.4. The quantitative estimate of drug-likeness (QED) is 0.675. The Morgan fingerprint density at radius 2 is 1.72 bits per heavy atom. The first kappa shape index (κ1) is 21.2. The van der Waals surface area contributed by atoms with Crippen LogP contribution in [-0.4, -0.2) is 28.4 Å². The van der Waals surface area contributed by atoms with Crippen molar-refractivity contribution in [3.05, 3.63) is 46.8 Å². The van der Waals surface area contributed by atoms with E-state index in [0.717, 1.165) is 12.8 Å². The lowest BCUT2D eigenvalue weighted by molar-refractivity contribution is -0.143. The number of hydrogen-bond acceptors (Lipinski definition) is 2. The van der Waals surface area contributed by atoms with Crippen LogP contribution in [0.4, 0.5) is 26.3 Å². The zero-order valence-electron chi connectivity index (χ0n) is 15.2. The number of carbonyl (C=O) groups is 1. The molecule has 1 fully saturated rings. The van der Waals surface area contributed by atoms with Gasteiger partial charge in [0.1, 0.15) is 0 Å². The number of alkyl halides is 6. The number of carboxylic acids is 1. The molecule has 4 nitrogen and oxygen atoms in total. The van der Waals surface area contributed by atoms with Crippen LogP contribution in [0.5, 0.6) is 0 Å². The van der Waals surface area contributed by atoms with Gasteiger partial charge in [0, 0.05) is 30.6 Å². The summed E-state index contributed by atoms with van der Waals surface area (Å²) in [5, 5.41) is 9.55. The second-order valence-corrected chi connectivity index (χ2v) is 6.89. The van der Waals surface area contributed by atoms with E-state index in [1.165, 1.54) is 17.7 Å². The third kappa shape index (κ3) is 4.42. The topological polar surface area (TPSA) is 51.5 Å². The number of halogens is 6. The van der Waals surface area contributed by atoms with Crippen LogP contribution in [0.1, 0.15) is 40.0 Å². The molecule has 0 radical (unpaired) electrons. The van der Waals surface area contributed by atoms with E-state index in [4.69, 9.17) is 4.74 Å². The fourth-order valence-corrected chi connectivity index (χ4v) is 3.45. The first-order valence-electron chi connectivity index (χ1n) is 8.72. The molecule has 10 heteroatoms. The van der Waals surface area contributed by atoms with Crippen molar-refractivity contribution in [1.82, 2.24) is 4.57 Å². The van der Waals surface area contributed by atoms with Gasteiger partial charge in [-0.05, 0) is 43.5 Å². The Hall–Kier alpha value is -2.49. The normalized spacial score (nSPS) is 17.7. The molecule has 0 spiro atoms. The van der Waals surface area contributed by atoms with Crippen molar-refractivity contribution >= 4 is 5.97 Å². The van der Waals surface area contributed by atoms with Gasteiger partial charge in [-0.3, -0.25) is 0 Å². The minimum Gasteiger partial charge on any atom is -0.478 e. The van der Waals surface area contributed by atoms with Crippen LogP contribution in [0.25, 0.3) is 11.1 Å². The largest absolute Gasteiger partial charge is 0.478 e. The van der Waals surface area contributed by atoms with Crippen molar-refractivity contribution in [2.24, 2.45) is 0 Å². The van der Waals surface area contributed by atoms with Crippen LogP contribution in [-0.2, 0) is 23.6 Å². The maximum Gasteiger partial charge on any atom is 0.416 e. The summed E-state index contributed by atoms with van der Waals surface area (Å²) in [4.78, 5) is 11.7. The summed E-state index contributed by atoms with van der Waals surface area (Å²) in [6, 6.07) is 1.08. The molecule has 1 aromatic carbocycles. The number of hydrogen-bond donors (Lipinski definition) is 1. The Kier molecular flexibility index (Phi) is 5.42. The number of benzene rings is 1. The number of nitrogens with zero attached hydrogens (tertiary/aromatic N) is 1. The van der Waals surface area contributed by atoms with Crippen molar-refractivity contribution in [1.29, 1.82) is 0 Å². The second kappa shape index (κ2) is 7.40. The molecule has 158 valence electrons. The Morgan fingerprint density at radius 1 is 1.14 bits per heavy atom. The molecule has 0 aliphatic carbocycles. The van der Waals surface area contributed by atoms with Crippen molar-refractivity contribution in [3.63, 3.8) is 0 Å². The Labute approximate surface area is 161 Å². The predicted molar refractivity (Wildman–Crippen MR) is 90.5 cm³/mol. The lowest BCUT2D eigenvalue weighted by atomic mass is 9.97. The molecule has 1 aromatic heterocycles. The molecule has 2 heterocycles. The fraction of sp³-hybridized carbons (Fsp3) is 0.421. The maximum absolute atomic E-state index is 13.2. The summed E-state index contributed by atoms with van der Waals surface area (Å²) in [6.07, 6.45) is -7.40. The van der Waals surface area contributed by atoms with Crippen LogP contribution in [0, 0.1) is 6.92 Å². The highest BCUT2D eigenvalue weighted by Crippen LogP contribution is 2.40. The average Bonchev–Trinajstić information content (AvgIpc) is 3.21. The van der Waals surface area contributed by atoms with Gasteiger partial charge < -0.3 is 14.4 Å². The molecule has 0 amide bonds. The van der Waals surface area contributed by atoms with Gasteiger partial charge in [-0.1, -0.05) is 0 Å². The number of rotatable bonds is 4. The minimum absolute atomic E-state index is 0.0140. The first-order chi connectivity index (χ1) is 13.4. The van der Waals surface area contributed by atoms with E-state index >= 15 is 0 Å². The summed E-state index contributed by atoms with van der Waals surface area (Å²) in [6.45, 7) is 2.27. The van der Waals surface area contributed by atoms with Crippen molar-refractivity contribution in [3.8, 4) is 11.1 Å². The van der Waals surface area contributed by atoms with Gasteiger partial charge in [0.05, 0.1) is 22.8 Å². The van der Waals surface area contributed by atoms with Crippen LogP contribution in [0.15, 0.2) is 24.4 Å². The second-order valence-electron chi connectivity index (χ2n) is 6.89. The smallest absolute Gasteiger partial charge is 0.416 e. The Morgan fingerprint density at radius 3 is 2.17 bits per heavy atom. The molecule has 1 aliphatic heterocycles. The first-order valence-corrected chi connectivity index (χ1v) is 8.72. The number of ether oxygens (including phenoxy) is 1. The Bertz CT molecular complexity index is 891. The predicted octanol–water partition coefficient (Wildman–Crippen LogP) is 5.38. The van der Waals surface area contributed by atoms with E-state index in [2.05, 4.69) is 0 Å². The lowest BCUT2D eigenvalue weighted by Crippen LogP contribution is -2.15. The van der Waals surface area contributed by atoms with E-state index in [1.54, 1.807) is 0 Å². The summed E-state index contributed by atoms with van der Waals surface area (Å²) in [5.74, 6) is -1.44. The minimum atomic E-state index is -5.02.